The number of amides is 1. The van der Waals surface area contributed by atoms with Gasteiger partial charge in [-0.05, 0) is 12.3 Å². The first-order valence-electron chi connectivity index (χ1n) is 16.5. The Morgan fingerprint density at radius 3 is 1.60 bits per heavy atom. The predicted molar refractivity (Wildman–Crippen MR) is 161 cm³/mol. The van der Waals surface area contributed by atoms with Gasteiger partial charge in [-0.15, -0.1) is 0 Å². The summed E-state index contributed by atoms with van der Waals surface area (Å²) in [7, 11) is 0. The van der Waals surface area contributed by atoms with E-state index in [1.165, 1.54) is 6.92 Å². The molecular formula is C30H53NO19. The fourth-order valence-electron chi connectivity index (χ4n) is 6.61. The number of ether oxygens (including phenoxy) is 7. The van der Waals surface area contributed by atoms with Crippen LogP contribution < -0.4 is 5.32 Å². The molecule has 0 bridgehead atoms. The Morgan fingerprint density at radius 2 is 1.06 bits per heavy atom. The van der Waals surface area contributed by atoms with Gasteiger partial charge in [0.25, 0.3) is 0 Å². The fourth-order valence-corrected chi connectivity index (χ4v) is 6.61. The number of rotatable bonds is 10. The third-order valence-corrected chi connectivity index (χ3v) is 9.45. The van der Waals surface area contributed by atoms with Crippen LogP contribution in [0.15, 0.2) is 0 Å². The first kappa shape index (κ1) is 41.5. The van der Waals surface area contributed by atoms with Gasteiger partial charge in [-0.25, -0.2) is 0 Å². The Hall–Kier alpha value is -1.25. The van der Waals surface area contributed by atoms with E-state index >= 15 is 0 Å². The van der Waals surface area contributed by atoms with E-state index in [0.717, 1.165) is 6.92 Å². The monoisotopic (exact) mass is 731 g/mol. The minimum Gasteiger partial charge on any atom is -0.394 e. The Labute approximate surface area is 288 Å². The highest BCUT2D eigenvalue weighted by Gasteiger charge is 2.57. The molecule has 0 spiro atoms. The molecule has 4 fully saturated rings. The van der Waals surface area contributed by atoms with Crippen LogP contribution in [0.3, 0.4) is 0 Å². The lowest BCUT2D eigenvalue weighted by Gasteiger charge is -2.52. The first-order valence-corrected chi connectivity index (χ1v) is 16.5. The topological polar surface area (TPSA) is 316 Å². The molecule has 4 heterocycles. The minimum atomic E-state index is -1.97. The summed E-state index contributed by atoms with van der Waals surface area (Å²) in [4.78, 5) is 12.6. The molecule has 4 aliphatic rings. The zero-order chi connectivity index (χ0) is 37.4. The van der Waals surface area contributed by atoms with Gasteiger partial charge in [-0.1, -0.05) is 20.8 Å². The van der Waals surface area contributed by atoms with Crippen molar-refractivity contribution in [3.63, 3.8) is 0 Å². The van der Waals surface area contributed by atoms with E-state index in [9.17, 15) is 61.0 Å². The minimum absolute atomic E-state index is 0.665. The molecule has 0 aromatic heterocycles. The highest BCUT2D eigenvalue weighted by Crippen LogP contribution is 2.38. The molecule has 20 heteroatoms. The van der Waals surface area contributed by atoms with Crippen molar-refractivity contribution in [1.29, 1.82) is 0 Å². The average molecular weight is 732 g/mol. The number of hydrogen-bond donors (Lipinski definition) is 12. The van der Waals surface area contributed by atoms with Crippen molar-refractivity contribution in [3.05, 3.63) is 0 Å². The lowest BCUT2D eigenvalue weighted by molar-refractivity contribution is -0.382. The Bertz CT molecular complexity index is 1100. The SMILES string of the molecule is CC(=O)NC1[C@H](O[C@@H]2C(O)[C@H](C(C)(C)C)OC(CO)[C@@H]2O)OC(CO)[C@@H](O[C@@H]2OC(C)[C@@H](O)C(O)[C@H]2O)[C@@H]1O[C@@H]1OC(CO)[C@H](O)[C@H](O)C1O. The van der Waals surface area contributed by atoms with Gasteiger partial charge < -0.3 is 94.6 Å². The van der Waals surface area contributed by atoms with Gasteiger partial charge in [0.15, 0.2) is 18.9 Å². The molecular weight excluding hydrogens is 678 g/mol. The van der Waals surface area contributed by atoms with Crippen molar-refractivity contribution >= 4 is 5.91 Å². The van der Waals surface area contributed by atoms with Gasteiger partial charge >= 0.3 is 0 Å². The predicted octanol–water partition coefficient (Wildman–Crippen LogP) is -6.48. The molecule has 4 aliphatic heterocycles. The first-order chi connectivity index (χ1) is 23.4. The van der Waals surface area contributed by atoms with E-state index in [-0.39, 0.29) is 0 Å². The highest BCUT2D eigenvalue weighted by atomic mass is 16.8. The quantitative estimate of drug-likeness (QED) is 0.0994. The summed E-state index contributed by atoms with van der Waals surface area (Å²) in [6.45, 7) is 5.37. The van der Waals surface area contributed by atoms with Crippen molar-refractivity contribution in [2.75, 3.05) is 19.8 Å². The fraction of sp³-hybridized carbons (Fsp3) is 0.967. The van der Waals surface area contributed by atoms with Crippen LogP contribution in [-0.4, -0.2) is 204 Å². The van der Waals surface area contributed by atoms with Crippen LogP contribution in [0.1, 0.15) is 34.6 Å². The zero-order valence-corrected chi connectivity index (χ0v) is 28.4. The maximum absolute atomic E-state index is 12.6. The maximum atomic E-state index is 12.6. The molecule has 1 amide bonds. The standard InChI is InChI=1S/C30H53NO19/c1-9-15(36)18(39)20(41)28(44-9)48-23-13(8-34)47-27(50-25-17(38)12(7-33)45-26(22(25)43)30(3,4)5)14(31-10(2)35)24(23)49-29-21(42)19(40)16(37)11(6-32)46-29/h9,11-29,32-34,36-43H,6-8H2,1-5H3,(H,31,35)/t9?,11?,12?,13?,14?,15-,16+,17+,18?,19+,20-,21?,22?,23-,24-,25+,26-,27+,28+,29+/m1/s1. The van der Waals surface area contributed by atoms with Gasteiger partial charge in [0.05, 0.1) is 32.0 Å². The Kier molecular flexibility index (Phi) is 14.0. The summed E-state index contributed by atoms with van der Waals surface area (Å²) in [5, 5.41) is 118. The molecule has 4 saturated heterocycles. The van der Waals surface area contributed by atoms with Crippen LogP contribution in [0, 0.1) is 5.41 Å². The van der Waals surface area contributed by atoms with Crippen molar-refractivity contribution in [2.24, 2.45) is 5.41 Å². The molecule has 50 heavy (non-hydrogen) atoms. The maximum Gasteiger partial charge on any atom is 0.217 e. The van der Waals surface area contributed by atoms with Crippen LogP contribution in [0.2, 0.25) is 0 Å². The van der Waals surface area contributed by atoms with E-state index in [0.29, 0.717) is 0 Å². The number of nitrogens with one attached hydrogen (secondary N) is 1. The van der Waals surface area contributed by atoms with Gasteiger partial charge in [0.1, 0.15) is 91.5 Å². The molecule has 0 aromatic rings. The molecule has 8 unspecified atom stereocenters. The number of aliphatic hydroxyl groups is 11. The lowest BCUT2D eigenvalue weighted by atomic mass is 9.80. The van der Waals surface area contributed by atoms with Crippen molar-refractivity contribution in [1.82, 2.24) is 5.32 Å². The van der Waals surface area contributed by atoms with Crippen LogP contribution >= 0.6 is 0 Å². The van der Waals surface area contributed by atoms with Crippen molar-refractivity contribution in [3.8, 4) is 0 Å². The molecule has 292 valence electrons. The molecule has 12 N–H and O–H groups in total. The van der Waals surface area contributed by atoms with Gasteiger partial charge in [-0.2, -0.15) is 0 Å². The summed E-state index contributed by atoms with van der Waals surface area (Å²) in [5.74, 6) is -0.717. The summed E-state index contributed by atoms with van der Waals surface area (Å²) >= 11 is 0. The van der Waals surface area contributed by atoms with Gasteiger partial charge in [0.2, 0.25) is 5.91 Å². The molecule has 4 rings (SSSR count). The van der Waals surface area contributed by atoms with E-state index in [4.69, 9.17) is 33.2 Å². The van der Waals surface area contributed by atoms with Crippen molar-refractivity contribution < 1.29 is 94.1 Å². The summed E-state index contributed by atoms with van der Waals surface area (Å²) in [5.41, 5.74) is -0.740. The summed E-state index contributed by atoms with van der Waals surface area (Å²) in [6, 6.07) is -1.55. The van der Waals surface area contributed by atoms with Gasteiger partial charge in [-0.3, -0.25) is 4.79 Å². The number of aliphatic hydroxyl groups excluding tert-OH is 11. The van der Waals surface area contributed by atoms with Crippen LogP contribution in [-0.2, 0) is 38.0 Å². The second-order valence-electron chi connectivity index (χ2n) is 14.3. The second-order valence-corrected chi connectivity index (χ2v) is 14.3. The molecule has 0 saturated carbocycles. The lowest BCUT2D eigenvalue weighted by Crippen LogP contribution is -2.71. The molecule has 0 radical (unpaired) electrons. The summed E-state index contributed by atoms with van der Waals surface area (Å²) < 4.78 is 41.2. The Balaban J connectivity index is 1.76. The largest absolute Gasteiger partial charge is 0.394 e. The van der Waals surface area contributed by atoms with Crippen LogP contribution in [0.5, 0.6) is 0 Å². The molecule has 0 aromatic carbocycles. The smallest absolute Gasteiger partial charge is 0.217 e. The molecule has 0 aliphatic carbocycles. The number of carbonyl (C=O) groups excluding carboxylic acids is 1. The van der Waals surface area contributed by atoms with E-state index in [1.807, 2.05) is 0 Å². The van der Waals surface area contributed by atoms with E-state index in [1.54, 1.807) is 20.8 Å². The number of carbonyl (C=O) groups is 1. The average Bonchev–Trinajstić information content (AvgIpc) is 3.05. The Morgan fingerprint density at radius 1 is 0.580 bits per heavy atom. The third kappa shape index (κ3) is 8.59. The van der Waals surface area contributed by atoms with Crippen LogP contribution in [0.4, 0.5) is 0 Å². The van der Waals surface area contributed by atoms with Gasteiger partial charge in [0, 0.05) is 6.92 Å². The van der Waals surface area contributed by atoms with E-state index in [2.05, 4.69) is 5.32 Å². The highest BCUT2D eigenvalue weighted by molar-refractivity contribution is 5.73. The molecule has 20 atom stereocenters. The summed E-state index contributed by atoms with van der Waals surface area (Å²) in [6.07, 6.45) is -30.3. The molecule has 20 nitrogen and oxygen atoms in total. The van der Waals surface area contributed by atoms with E-state index < -0.39 is 154 Å². The zero-order valence-electron chi connectivity index (χ0n) is 28.4. The third-order valence-electron chi connectivity index (χ3n) is 9.45. The normalized spacial score (nSPS) is 49.0. The number of hydrogen-bond acceptors (Lipinski definition) is 19. The van der Waals surface area contributed by atoms with Crippen molar-refractivity contribution in [2.45, 2.75) is 157 Å². The second kappa shape index (κ2) is 16.8. The van der Waals surface area contributed by atoms with Crippen LogP contribution in [0.25, 0.3) is 0 Å².